The van der Waals surface area contributed by atoms with Gasteiger partial charge in [0.15, 0.2) is 0 Å². The monoisotopic (exact) mass is 155 g/mol. The minimum absolute atomic E-state index is 0.0196. The van der Waals surface area contributed by atoms with Crippen molar-refractivity contribution in [2.24, 2.45) is 17.6 Å². The molecule has 0 aromatic heterocycles. The predicted molar refractivity (Wildman–Crippen MR) is 40.7 cm³/mol. The molecule has 0 saturated heterocycles. The summed E-state index contributed by atoms with van der Waals surface area (Å²) in [6.45, 7) is 0. The number of carbonyl (C=O) groups excluding carboxylic acids is 2. The van der Waals surface area contributed by atoms with Crippen molar-refractivity contribution in [2.45, 2.75) is 25.7 Å². The van der Waals surface area contributed by atoms with Crippen LogP contribution >= 0.6 is 0 Å². The Morgan fingerprint density at radius 3 is 2.18 bits per heavy atom. The molecule has 0 radical (unpaired) electrons. The highest BCUT2D eigenvalue weighted by atomic mass is 16.1. The van der Waals surface area contributed by atoms with Gasteiger partial charge < -0.3 is 10.5 Å². The second kappa shape index (κ2) is 3.51. The molecule has 1 rings (SSSR count). The fourth-order valence-electron chi connectivity index (χ4n) is 1.54. The van der Waals surface area contributed by atoms with E-state index < -0.39 is 0 Å². The quantitative estimate of drug-likeness (QED) is 0.589. The molecular formula is C8H13NO2. The third kappa shape index (κ3) is 2.03. The number of amides is 1. The van der Waals surface area contributed by atoms with Gasteiger partial charge in [-0.15, -0.1) is 0 Å². The van der Waals surface area contributed by atoms with Crippen LogP contribution in [0.4, 0.5) is 0 Å². The molecule has 0 bridgehead atoms. The Kier molecular flexibility index (Phi) is 2.63. The van der Waals surface area contributed by atoms with Crippen LogP contribution in [0.5, 0.6) is 0 Å². The van der Waals surface area contributed by atoms with Gasteiger partial charge in [0.1, 0.15) is 6.29 Å². The zero-order valence-corrected chi connectivity index (χ0v) is 6.45. The van der Waals surface area contributed by atoms with E-state index in [9.17, 15) is 9.59 Å². The number of carbonyl (C=O) groups is 2. The molecule has 0 aromatic carbocycles. The summed E-state index contributed by atoms with van der Waals surface area (Å²) in [6, 6.07) is 0. The van der Waals surface area contributed by atoms with Gasteiger partial charge in [-0.1, -0.05) is 0 Å². The summed E-state index contributed by atoms with van der Waals surface area (Å²) in [7, 11) is 0. The lowest BCUT2D eigenvalue weighted by molar-refractivity contribution is -0.124. The molecule has 0 atom stereocenters. The standard InChI is InChI=1S/C8H13NO2/c9-8(11)7-3-1-6(5-10)2-4-7/h5-7H,1-4H2,(H2,9,11)/t6-,7-. The summed E-state index contributed by atoms with van der Waals surface area (Å²) in [5.74, 6) is -0.0221. The van der Waals surface area contributed by atoms with E-state index in [4.69, 9.17) is 5.73 Å². The first-order chi connectivity index (χ1) is 5.24. The Hall–Kier alpha value is -0.860. The van der Waals surface area contributed by atoms with E-state index in [1.165, 1.54) is 0 Å². The Bertz CT molecular complexity index is 159. The maximum atomic E-state index is 10.7. The highest BCUT2D eigenvalue weighted by Crippen LogP contribution is 2.26. The number of aldehydes is 1. The van der Waals surface area contributed by atoms with Crippen LogP contribution in [0.1, 0.15) is 25.7 Å². The van der Waals surface area contributed by atoms with Gasteiger partial charge in [-0.05, 0) is 25.7 Å². The number of rotatable bonds is 2. The van der Waals surface area contributed by atoms with Crippen molar-refractivity contribution in [3.63, 3.8) is 0 Å². The smallest absolute Gasteiger partial charge is 0.220 e. The van der Waals surface area contributed by atoms with Crippen molar-refractivity contribution in [2.75, 3.05) is 0 Å². The first-order valence-corrected chi connectivity index (χ1v) is 3.98. The van der Waals surface area contributed by atoms with E-state index in [-0.39, 0.29) is 17.7 Å². The first-order valence-electron chi connectivity index (χ1n) is 3.98. The molecule has 0 spiro atoms. The Balaban J connectivity index is 2.35. The van der Waals surface area contributed by atoms with Crippen LogP contribution < -0.4 is 5.73 Å². The molecule has 2 N–H and O–H groups in total. The second-order valence-corrected chi connectivity index (χ2v) is 3.15. The third-order valence-corrected chi connectivity index (χ3v) is 2.37. The fourth-order valence-corrected chi connectivity index (χ4v) is 1.54. The second-order valence-electron chi connectivity index (χ2n) is 3.15. The van der Waals surface area contributed by atoms with Crippen LogP contribution in [0.25, 0.3) is 0 Å². The zero-order chi connectivity index (χ0) is 8.27. The minimum atomic E-state index is -0.214. The maximum Gasteiger partial charge on any atom is 0.220 e. The lowest BCUT2D eigenvalue weighted by Gasteiger charge is -2.22. The van der Waals surface area contributed by atoms with E-state index >= 15 is 0 Å². The van der Waals surface area contributed by atoms with Gasteiger partial charge in [-0.3, -0.25) is 4.79 Å². The van der Waals surface area contributed by atoms with Crippen molar-refractivity contribution >= 4 is 12.2 Å². The summed E-state index contributed by atoms with van der Waals surface area (Å²) < 4.78 is 0. The minimum Gasteiger partial charge on any atom is -0.369 e. The average molecular weight is 155 g/mol. The lowest BCUT2D eigenvalue weighted by atomic mass is 9.82. The molecule has 0 aromatic rings. The molecule has 1 amide bonds. The lowest BCUT2D eigenvalue weighted by Crippen LogP contribution is -2.27. The molecule has 1 saturated carbocycles. The molecule has 1 fully saturated rings. The van der Waals surface area contributed by atoms with E-state index in [1.807, 2.05) is 0 Å². The van der Waals surface area contributed by atoms with Gasteiger partial charge >= 0.3 is 0 Å². The van der Waals surface area contributed by atoms with Crippen molar-refractivity contribution in [3.8, 4) is 0 Å². The average Bonchev–Trinajstić information content (AvgIpc) is 2.05. The van der Waals surface area contributed by atoms with Crippen molar-refractivity contribution in [3.05, 3.63) is 0 Å². The zero-order valence-electron chi connectivity index (χ0n) is 6.45. The molecule has 11 heavy (non-hydrogen) atoms. The van der Waals surface area contributed by atoms with Crippen molar-refractivity contribution in [1.29, 1.82) is 0 Å². The molecule has 1 aliphatic carbocycles. The largest absolute Gasteiger partial charge is 0.369 e. The normalized spacial score (nSPS) is 31.3. The molecule has 62 valence electrons. The predicted octanol–water partition coefficient (Wildman–Crippen LogP) is 0.477. The van der Waals surface area contributed by atoms with Gasteiger partial charge in [-0.25, -0.2) is 0 Å². The summed E-state index contributed by atoms with van der Waals surface area (Å²) in [5.41, 5.74) is 5.13. The number of nitrogens with two attached hydrogens (primary N) is 1. The van der Waals surface area contributed by atoms with Crippen LogP contribution in [0.2, 0.25) is 0 Å². The highest BCUT2D eigenvalue weighted by Gasteiger charge is 2.23. The summed E-state index contributed by atoms with van der Waals surface area (Å²) in [5, 5.41) is 0. The van der Waals surface area contributed by atoms with Crippen molar-refractivity contribution in [1.82, 2.24) is 0 Å². The molecular weight excluding hydrogens is 142 g/mol. The van der Waals surface area contributed by atoms with Crippen LogP contribution in [0.3, 0.4) is 0 Å². The van der Waals surface area contributed by atoms with Crippen LogP contribution in [0.15, 0.2) is 0 Å². The van der Waals surface area contributed by atoms with Crippen LogP contribution in [-0.4, -0.2) is 12.2 Å². The SMILES string of the molecule is NC(=O)[C@H]1CC[C@H](C=O)CC1. The molecule has 0 unspecified atom stereocenters. The van der Waals surface area contributed by atoms with Crippen LogP contribution in [0, 0.1) is 11.8 Å². The van der Waals surface area contributed by atoms with Gasteiger partial charge in [0.25, 0.3) is 0 Å². The van der Waals surface area contributed by atoms with Crippen LogP contribution in [-0.2, 0) is 9.59 Å². The summed E-state index contributed by atoms with van der Waals surface area (Å²) in [4.78, 5) is 21.0. The highest BCUT2D eigenvalue weighted by molar-refractivity contribution is 5.76. The van der Waals surface area contributed by atoms with Gasteiger partial charge in [0, 0.05) is 11.8 Å². The molecule has 0 aliphatic heterocycles. The number of hydrogen-bond acceptors (Lipinski definition) is 2. The van der Waals surface area contributed by atoms with Gasteiger partial charge in [-0.2, -0.15) is 0 Å². The van der Waals surface area contributed by atoms with E-state index in [1.54, 1.807) is 0 Å². The Labute approximate surface area is 66.0 Å². The molecule has 0 heterocycles. The van der Waals surface area contributed by atoms with Gasteiger partial charge in [0.05, 0.1) is 0 Å². The number of primary amides is 1. The topological polar surface area (TPSA) is 60.2 Å². The third-order valence-electron chi connectivity index (χ3n) is 2.37. The van der Waals surface area contributed by atoms with Gasteiger partial charge in [0.2, 0.25) is 5.91 Å². The van der Waals surface area contributed by atoms with E-state index in [0.717, 1.165) is 32.0 Å². The maximum absolute atomic E-state index is 10.7. The number of hydrogen-bond donors (Lipinski definition) is 1. The van der Waals surface area contributed by atoms with Crippen molar-refractivity contribution < 1.29 is 9.59 Å². The fraction of sp³-hybridized carbons (Fsp3) is 0.750. The Morgan fingerprint density at radius 1 is 1.27 bits per heavy atom. The summed E-state index contributed by atoms with van der Waals surface area (Å²) >= 11 is 0. The Morgan fingerprint density at radius 2 is 1.82 bits per heavy atom. The first kappa shape index (κ1) is 8.24. The molecule has 3 heteroatoms. The van der Waals surface area contributed by atoms with E-state index in [2.05, 4.69) is 0 Å². The van der Waals surface area contributed by atoms with E-state index in [0.29, 0.717) is 0 Å². The molecule has 1 aliphatic rings. The molecule has 3 nitrogen and oxygen atoms in total. The summed E-state index contributed by atoms with van der Waals surface area (Å²) in [6.07, 6.45) is 4.23.